The highest BCUT2D eigenvalue weighted by atomic mass is 16.5. The normalized spacial score (nSPS) is 27.7. The van der Waals surface area contributed by atoms with Crippen molar-refractivity contribution in [1.29, 1.82) is 0 Å². The molecular weight excluding hydrogens is 260 g/mol. The Morgan fingerprint density at radius 3 is 2.76 bits per heavy atom. The Kier molecular flexibility index (Phi) is 3.32. The van der Waals surface area contributed by atoms with Gasteiger partial charge in [-0.05, 0) is 35.0 Å². The first kappa shape index (κ1) is 13.9. The molecule has 108 valence electrons. The molecule has 1 fully saturated rings. The van der Waals surface area contributed by atoms with Gasteiger partial charge in [0.2, 0.25) is 0 Å². The molecule has 0 aromatic heterocycles. The number of carbonyl (C=O) groups excluding carboxylic acids is 1. The SMILES string of the molecule is C=C1CC2(C)CC1C(c1ccccc1)=C2C=CC(=O)OC. The predicted molar refractivity (Wildman–Crippen MR) is 84.5 cm³/mol. The van der Waals surface area contributed by atoms with Crippen LogP contribution in [0.3, 0.4) is 0 Å². The Hall–Kier alpha value is -2.09. The van der Waals surface area contributed by atoms with Crippen molar-refractivity contribution in [3.05, 3.63) is 65.8 Å². The Morgan fingerprint density at radius 2 is 2.10 bits per heavy atom. The molecule has 2 nitrogen and oxygen atoms in total. The molecular formula is C19H20O2. The molecule has 3 rings (SSSR count). The number of rotatable bonds is 3. The van der Waals surface area contributed by atoms with Crippen LogP contribution in [0.1, 0.15) is 25.3 Å². The van der Waals surface area contributed by atoms with Crippen molar-refractivity contribution in [2.45, 2.75) is 19.8 Å². The van der Waals surface area contributed by atoms with E-state index in [1.807, 2.05) is 12.1 Å². The van der Waals surface area contributed by atoms with Crippen molar-refractivity contribution in [2.24, 2.45) is 11.3 Å². The van der Waals surface area contributed by atoms with Crippen LogP contribution in [-0.2, 0) is 9.53 Å². The number of carbonyl (C=O) groups is 1. The minimum atomic E-state index is -0.305. The Bertz CT molecular complexity index is 651. The molecule has 2 unspecified atom stereocenters. The van der Waals surface area contributed by atoms with E-state index in [1.165, 1.54) is 35.5 Å². The summed E-state index contributed by atoms with van der Waals surface area (Å²) in [6.07, 6.45) is 5.58. The first-order chi connectivity index (χ1) is 10.0. The van der Waals surface area contributed by atoms with E-state index in [-0.39, 0.29) is 11.4 Å². The number of allylic oxidation sites excluding steroid dienone is 4. The molecule has 2 heteroatoms. The van der Waals surface area contributed by atoms with Crippen molar-refractivity contribution in [3.63, 3.8) is 0 Å². The number of fused-ring (bicyclic) bond motifs is 2. The molecule has 2 aliphatic rings. The number of benzene rings is 1. The predicted octanol–water partition coefficient (Wildman–Crippen LogP) is 4.16. The third-order valence-corrected chi connectivity index (χ3v) is 4.73. The lowest BCUT2D eigenvalue weighted by molar-refractivity contribution is -0.134. The first-order valence-corrected chi connectivity index (χ1v) is 7.29. The summed E-state index contributed by atoms with van der Waals surface area (Å²) >= 11 is 0. The lowest BCUT2D eigenvalue weighted by Crippen LogP contribution is -2.13. The maximum atomic E-state index is 11.4. The van der Waals surface area contributed by atoms with Gasteiger partial charge in [-0.15, -0.1) is 0 Å². The second-order valence-corrected chi connectivity index (χ2v) is 6.20. The highest BCUT2D eigenvalue weighted by molar-refractivity contribution is 5.86. The zero-order chi connectivity index (χ0) is 15.0. The zero-order valence-corrected chi connectivity index (χ0v) is 12.6. The number of methoxy groups -OCH3 is 1. The van der Waals surface area contributed by atoms with Gasteiger partial charge in [0.05, 0.1) is 7.11 Å². The molecule has 1 aromatic rings. The quantitative estimate of drug-likeness (QED) is 0.472. The van der Waals surface area contributed by atoms with Crippen molar-refractivity contribution in [2.75, 3.05) is 7.11 Å². The number of hydrogen-bond acceptors (Lipinski definition) is 2. The Labute approximate surface area is 125 Å². The van der Waals surface area contributed by atoms with E-state index in [4.69, 9.17) is 4.74 Å². The largest absolute Gasteiger partial charge is 0.466 e. The third-order valence-electron chi connectivity index (χ3n) is 4.73. The molecule has 0 heterocycles. The fourth-order valence-corrected chi connectivity index (χ4v) is 3.80. The second-order valence-electron chi connectivity index (χ2n) is 6.20. The fraction of sp³-hybridized carbons (Fsp3) is 0.316. The molecule has 1 saturated carbocycles. The van der Waals surface area contributed by atoms with Gasteiger partial charge in [0.15, 0.2) is 0 Å². The molecule has 2 atom stereocenters. The summed E-state index contributed by atoms with van der Waals surface area (Å²) in [4.78, 5) is 11.4. The van der Waals surface area contributed by atoms with Crippen LogP contribution in [0, 0.1) is 11.3 Å². The number of esters is 1. The minimum absolute atomic E-state index is 0.0947. The smallest absolute Gasteiger partial charge is 0.330 e. The average Bonchev–Trinajstić information content (AvgIpc) is 2.94. The Morgan fingerprint density at radius 1 is 1.38 bits per heavy atom. The van der Waals surface area contributed by atoms with Crippen molar-refractivity contribution < 1.29 is 9.53 Å². The van der Waals surface area contributed by atoms with Gasteiger partial charge in [0, 0.05) is 12.0 Å². The molecule has 2 aliphatic carbocycles. The average molecular weight is 280 g/mol. The van der Waals surface area contributed by atoms with Gasteiger partial charge in [-0.2, -0.15) is 0 Å². The zero-order valence-electron chi connectivity index (χ0n) is 12.6. The molecule has 0 radical (unpaired) electrons. The van der Waals surface area contributed by atoms with E-state index >= 15 is 0 Å². The molecule has 0 amide bonds. The number of hydrogen-bond donors (Lipinski definition) is 0. The van der Waals surface area contributed by atoms with Crippen LogP contribution in [0.25, 0.3) is 5.57 Å². The van der Waals surface area contributed by atoms with Gasteiger partial charge in [-0.25, -0.2) is 4.79 Å². The van der Waals surface area contributed by atoms with Gasteiger partial charge in [-0.3, -0.25) is 0 Å². The number of ether oxygens (including phenoxy) is 1. The van der Waals surface area contributed by atoms with Gasteiger partial charge >= 0.3 is 5.97 Å². The molecule has 0 aliphatic heterocycles. The van der Waals surface area contributed by atoms with E-state index in [0.29, 0.717) is 5.92 Å². The Balaban J connectivity index is 2.11. The van der Waals surface area contributed by atoms with Crippen molar-refractivity contribution in [1.82, 2.24) is 0 Å². The maximum absolute atomic E-state index is 11.4. The fourth-order valence-electron chi connectivity index (χ4n) is 3.80. The van der Waals surface area contributed by atoms with Crippen LogP contribution in [0.4, 0.5) is 0 Å². The lowest BCUT2D eigenvalue weighted by Gasteiger charge is -2.27. The highest BCUT2D eigenvalue weighted by Crippen LogP contribution is 2.62. The molecule has 0 saturated heterocycles. The summed E-state index contributed by atoms with van der Waals surface area (Å²) < 4.78 is 4.72. The summed E-state index contributed by atoms with van der Waals surface area (Å²) in [7, 11) is 1.41. The summed E-state index contributed by atoms with van der Waals surface area (Å²) in [5, 5.41) is 0. The maximum Gasteiger partial charge on any atom is 0.330 e. The van der Waals surface area contributed by atoms with E-state index in [1.54, 1.807) is 0 Å². The molecule has 0 N–H and O–H groups in total. The second kappa shape index (κ2) is 5.03. The van der Waals surface area contributed by atoms with Gasteiger partial charge in [-0.1, -0.05) is 55.5 Å². The lowest BCUT2D eigenvalue weighted by atomic mass is 9.77. The van der Waals surface area contributed by atoms with E-state index < -0.39 is 0 Å². The van der Waals surface area contributed by atoms with Crippen LogP contribution in [0.2, 0.25) is 0 Å². The highest BCUT2D eigenvalue weighted by Gasteiger charge is 2.48. The van der Waals surface area contributed by atoms with Gasteiger partial charge < -0.3 is 4.74 Å². The summed E-state index contributed by atoms with van der Waals surface area (Å²) in [5.74, 6) is 0.106. The molecule has 21 heavy (non-hydrogen) atoms. The molecule has 0 spiro atoms. The van der Waals surface area contributed by atoms with Gasteiger partial charge in [0.1, 0.15) is 0 Å². The van der Waals surface area contributed by atoms with Crippen LogP contribution in [0.5, 0.6) is 0 Å². The van der Waals surface area contributed by atoms with Gasteiger partial charge in [0.25, 0.3) is 0 Å². The summed E-state index contributed by atoms with van der Waals surface area (Å²) in [6, 6.07) is 10.4. The first-order valence-electron chi connectivity index (χ1n) is 7.29. The third kappa shape index (κ3) is 2.25. The minimum Gasteiger partial charge on any atom is -0.466 e. The van der Waals surface area contributed by atoms with Crippen molar-refractivity contribution >= 4 is 11.5 Å². The summed E-state index contributed by atoms with van der Waals surface area (Å²) in [5.41, 5.74) is 5.23. The van der Waals surface area contributed by atoms with Crippen LogP contribution in [0.15, 0.2) is 60.2 Å². The summed E-state index contributed by atoms with van der Waals surface area (Å²) in [6.45, 7) is 6.52. The molecule has 2 bridgehead atoms. The standard InChI is InChI=1S/C19H20O2/c1-13-11-19(2)12-15(13)18(14-7-5-4-6-8-14)16(19)9-10-17(20)21-3/h4-10,15H,1,11-12H2,2-3H3. The van der Waals surface area contributed by atoms with Crippen LogP contribution >= 0.6 is 0 Å². The monoisotopic (exact) mass is 280 g/mol. The van der Waals surface area contributed by atoms with E-state index in [2.05, 4.69) is 37.8 Å². The van der Waals surface area contributed by atoms with Crippen molar-refractivity contribution in [3.8, 4) is 0 Å². The van der Waals surface area contributed by atoms with E-state index in [9.17, 15) is 4.79 Å². The van der Waals surface area contributed by atoms with Crippen LogP contribution < -0.4 is 0 Å². The van der Waals surface area contributed by atoms with Crippen LogP contribution in [-0.4, -0.2) is 13.1 Å². The topological polar surface area (TPSA) is 26.3 Å². The molecule has 1 aromatic carbocycles. The van der Waals surface area contributed by atoms with E-state index in [0.717, 1.165) is 12.8 Å².